The Hall–Kier alpha value is -1.40. The van der Waals surface area contributed by atoms with Crippen molar-refractivity contribution in [3.8, 4) is 0 Å². The van der Waals surface area contributed by atoms with Crippen LogP contribution in [0.15, 0.2) is 42.5 Å². The van der Waals surface area contributed by atoms with Crippen LogP contribution in [-0.4, -0.2) is 34.6 Å². The van der Waals surface area contributed by atoms with E-state index in [1.54, 1.807) is 23.1 Å². The molecule has 2 atom stereocenters. The lowest BCUT2D eigenvalue weighted by Crippen LogP contribution is -2.51. The summed E-state index contributed by atoms with van der Waals surface area (Å²) in [4.78, 5) is 27.9. The van der Waals surface area contributed by atoms with E-state index >= 15 is 0 Å². The van der Waals surface area contributed by atoms with Crippen LogP contribution in [0.3, 0.4) is 0 Å². The minimum atomic E-state index is -0.588. The van der Waals surface area contributed by atoms with Gasteiger partial charge in [0, 0.05) is 33.4 Å². The summed E-state index contributed by atoms with van der Waals surface area (Å²) < 4.78 is 0. The normalized spacial score (nSPS) is 12.8. The Balaban J connectivity index is 2.18. The van der Waals surface area contributed by atoms with Crippen LogP contribution in [0.25, 0.3) is 0 Å². The van der Waals surface area contributed by atoms with Crippen LogP contribution in [0.4, 0.5) is 0 Å². The first-order chi connectivity index (χ1) is 15.2. The van der Waals surface area contributed by atoms with Gasteiger partial charge in [-0.1, -0.05) is 66.8 Å². The van der Waals surface area contributed by atoms with Crippen LogP contribution in [0.5, 0.6) is 0 Å². The van der Waals surface area contributed by atoms with Gasteiger partial charge in [0.1, 0.15) is 6.04 Å². The molecule has 2 rings (SSSR count). The fourth-order valence-corrected chi connectivity index (χ4v) is 4.70. The van der Waals surface area contributed by atoms with Gasteiger partial charge in [-0.2, -0.15) is 0 Å². The van der Waals surface area contributed by atoms with Crippen molar-refractivity contribution in [2.45, 2.75) is 58.0 Å². The molecule has 2 aromatic rings. The monoisotopic (exact) mass is 514 g/mol. The van der Waals surface area contributed by atoms with Crippen LogP contribution in [-0.2, 0) is 21.9 Å². The van der Waals surface area contributed by atoms with Crippen LogP contribution in [0, 0.1) is 0 Å². The number of hydrogen-bond donors (Lipinski definition) is 1. The average Bonchev–Trinajstić information content (AvgIpc) is 2.74. The third-order valence-electron chi connectivity index (χ3n) is 5.13. The predicted octanol–water partition coefficient (Wildman–Crippen LogP) is 6.60. The number of halogens is 3. The zero-order valence-corrected chi connectivity index (χ0v) is 21.6. The standard InChI is InChI=1S/C24H29Cl3N2O2S/c1-4-16(3)28-24(31)22(5-2)29(13-18-9-10-20(26)12-21(18)27)23(30)15-32-14-17-7-6-8-19(25)11-17/h6-12,16,22H,4-5,13-15H2,1-3H3,(H,28,31)/t16-,22+/m1/s1. The van der Waals surface area contributed by atoms with E-state index < -0.39 is 6.04 Å². The quantitative estimate of drug-likeness (QED) is 0.367. The number of thioether (sulfide) groups is 1. The second-order valence-corrected chi connectivity index (χ2v) is 9.89. The fourth-order valence-electron chi connectivity index (χ4n) is 3.16. The van der Waals surface area contributed by atoms with Crippen molar-refractivity contribution in [2.24, 2.45) is 0 Å². The van der Waals surface area contributed by atoms with Crippen LogP contribution >= 0.6 is 46.6 Å². The third-order valence-corrected chi connectivity index (χ3v) is 6.94. The van der Waals surface area contributed by atoms with Gasteiger partial charge < -0.3 is 10.2 Å². The highest BCUT2D eigenvalue weighted by molar-refractivity contribution is 7.99. The van der Waals surface area contributed by atoms with Gasteiger partial charge in [0.25, 0.3) is 0 Å². The fraction of sp³-hybridized carbons (Fsp3) is 0.417. The first-order valence-electron chi connectivity index (χ1n) is 10.6. The van der Waals surface area contributed by atoms with Gasteiger partial charge in [-0.15, -0.1) is 11.8 Å². The lowest BCUT2D eigenvalue weighted by molar-refractivity contribution is -0.139. The Morgan fingerprint density at radius 3 is 2.38 bits per heavy atom. The molecular formula is C24H29Cl3N2O2S. The van der Waals surface area contributed by atoms with E-state index in [1.807, 2.05) is 45.0 Å². The highest BCUT2D eigenvalue weighted by Gasteiger charge is 2.29. The first-order valence-corrected chi connectivity index (χ1v) is 12.9. The van der Waals surface area contributed by atoms with E-state index in [2.05, 4.69) is 5.32 Å². The molecule has 0 radical (unpaired) electrons. The average molecular weight is 516 g/mol. The molecule has 0 saturated heterocycles. The number of carbonyl (C=O) groups excluding carboxylic acids is 2. The van der Waals surface area contributed by atoms with Crippen LogP contribution in [0.2, 0.25) is 15.1 Å². The Labute approximate surface area is 210 Å². The van der Waals surface area contributed by atoms with Gasteiger partial charge in [-0.05, 0) is 55.2 Å². The summed E-state index contributed by atoms with van der Waals surface area (Å²) in [7, 11) is 0. The molecule has 0 aliphatic heterocycles. The van der Waals surface area contributed by atoms with Crippen molar-refractivity contribution in [3.05, 3.63) is 68.7 Å². The summed E-state index contributed by atoms with van der Waals surface area (Å²) in [5.41, 5.74) is 1.79. The topological polar surface area (TPSA) is 49.4 Å². The van der Waals surface area contributed by atoms with Gasteiger partial charge in [0.2, 0.25) is 11.8 Å². The SMILES string of the molecule is CC[C@@H](C)NC(=O)[C@H](CC)N(Cc1ccc(Cl)cc1Cl)C(=O)CSCc1cccc(Cl)c1. The minimum absolute atomic E-state index is 0.0322. The molecule has 4 nitrogen and oxygen atoms in total. The number of nitrogens with zero attached hydrogens (tertiary/aromatic N) is 1. The van der Waals surface area contributed by atoms with E-state index in [1.165, 1.54) is 11.8 Å². The Kier molecular flexibility index (Phi) is 11.2. The molecular weight excluding hydrogens is 487 g/mol. The van der Waals surface area contributed by atoms with Crippen molar-refractivity contribution in [1.29, 1.82) is 0 Å². The summed E-state index contributed by atoms with van der Waals surface area (Å²) in [6, 6.07) is 12.2. The van der Waals surface area contributed by atoms with Crippen molar-refractivity contribution >= 4 is 58.4 Å². The number of rotatable bonds is 11. The van der Waals surface area contributed by atoms with Gasteiger partial charge in [0.05, 0.1) is 5.75 Å². The second kappa shape index (κ2) is 13.3. The Morgan fingerprint density at radius 1 is 1.03 bits per heavy atom. The maximum atomic E-state index is 13.3. The molecule has 0 bridgehead atoms. The maximum absolute atomic E-state index is 13.3. The number of hydrogen-bond acceptors (Lipinski definition) is 3. The molecule has 0 aliphatic rings. The van der Waals surface area contributed by atoms with E-state index in [-0.39, 0.29) is 30.2 Å². The Morgan fingerprint density at radius 2 is 1.75 bits per heavy atom. The molecule has 0 fully saturated rings. The zero-order chi connectivity index (χ0) is 23.7. The lowest BCUT2D eigenvalue weighted by Gasteiger charge is -2.31. The van der Waals surface area contributed by atoms with Crippen LogP contribution < -0.4 is 5.32 Å². The number of amides is 2. The third kappa shape index (κ3) is 8.18. The molecule has 1 N–H and O–H groups in total. The molecule has 32 heavy (non-hydrogen) atoms. The molecule has 0 spiro atoms. The summed E-state index contributed by atoms with van der Waals surface area (Å²) in [5.74, 6) is 0.622. The first kappa shape index (κ1) is 26.8. The van der Waals surface area contributed by atoms with Gasteiger partial charge >= 0.3 is 0 Å². The molecule has 2 amide bonds. The van der Waals surface area contributed by atoms with Crippen molar-refractivity contribution < 1.29 is 9.59 Å². The number of carbonyl (C=O) groups is 2. The molecule has 0 saturated carbocycles. The second-order valence-electron chi connectivity index (χ2n) is 7.62. The minimum Gasteiger partial charge on any atom is -0.352 e. The highest BCUT2D eigenvalue weighted by Crippen LogP contribution is 2.25. The largest absolute Gasteiger partial charge is 0.352 e. The molecule has 0 aliphatic carbocycles. The molecule has 0 heterocycles. The van der Waals surface area contributed by atoms with E-state index in [0.29, 0.717) is 27.2 Å². The summed E-state index contributed by atoms with van der Waals surface area (Å²) in [6.07, 6.45) is 1.31. The number of benzene rings is 2. The van der Waals surface area contributed by atoms with Crippen molar-refractivity contribution in [3.63, 3.8) is 0 Å². The lowest BCUT2D eigenvalue weighted by atomic mass is 10.1. The van der Waals surface area contributed by atoms with Gasteiger partial charge in [-0.3, -0.25) is 9.59 Å². The molecule has 0 aromatic heterocycles. The summed E-state index contributed by atoms with van der Waals surface area (Å²) in [5, 5.41) is 4.67. The Bertz CT molecular complexity index is 926. The molecule has 174 valence electrons. The molecule has 8 heteroatoms. The summed E-state index contributed by atoms with van der Waals surface area (Å²) in [6.45, 7) is 6.10. The summed E-state index contributed by atoms with van der Waals surface area (Å²) >= 11 is 19.9. The smallest absolute Gasteiger partial charge is 0.243 e. The predicted molar refractivity (Wildman–Crippen MR) is 137 cm³/mol. The van der Waals surface area contributed by atoms with Crippen molar-refractivity contribution in [1.82, 2.24) is 10.2 Å². The highest BCUT2D eigenvalue weighted by atomic mass is 35.5. The van der Waals surface area contributed by atoms with E-state index in [0.717, 1.165) is 17.5 Å². The van der Waals surface area contributed by atoms with E-state index in [9.17, 15) is 9.59 Å². The molecule has 2 aromatic carbocycles. The van der Waals surface area contributed by atoms with Crippen LogP contribution in [0.1, 0.15) is 44.7 Å². The van der Waals surface area contributed by atoms with Crippen molar-refractivity contribution in [2.75, 3.05) is 5.75 Å². The molecule has 0 unspecified atom stereocenters. The maximum Gasteiger partial charge on any atom is 0.243 e. The number of nitrogens with one attached hydrogen (secondary N) is 1. The van der Waals surface area contributed by atoms with E-state index in [4.69, 9.17) is 34.8 Å². The zero-order valence-electron chi connectivity index (χ0n) is 18.5. The van der Waals surface area contributed by atoms with Gasteiger partial charge in [0.15, 0.2) is 0 Å². The van der Waals surface area contributed by atoms with Gasteiger partial charge in [-0.25, -0.2) is 0 Å².